The van der Waals surface area contributed by atoms with E-state index in [2.05, 4.69) is 0 Å². The molecule has 14 heavy (non-hydrogen) atoms. The van der Waals surface area contributed by atoms with Gasteiger partial charge in [-0.15, -0.1) is 0 Å². The maximum absolute atomic E-state index is 13.1. The van der Waals surface area contributed by atoms with Crippen LogP contribution in [0, 0.1) is 9.39 Å². The highest BCUT2D eigenvalue weighted by molar-refractivity contribution is 14.1. The largest absolute Gasteiger partial charge is 0.416 e. The fourth-order valence-corrected chi connectivity index (χ4v) is 1.78. The van der Waals surface area contributed by atoms with Crippen LogP contribution in [0.3, 0.4) is 0 Å². The number of alkyl halides is 3. The van der Waals surface area contributed by atoms with Crippen molar-refractivity contribution in [2.45, 2.75) is 12.7 Å². The smallest absolute Gasteiger partial charge is 0.326 e. The minimum atomic E-state index is -4.52. The fraction of sp³-hybridized carbons (Fsp3) is 0.250. The van der Waals surface area contributed by atoms with Crippen LogP contribution in [0.15, 0.2) is 12.1 Å². The summed E-state index contributed by atoms with van der Waals surface area (Å²) in [5, 5.41) is 0. The Bertz CT molecular complexity index is 325. The Kier molecular flexibility index (Phi) is 3.36. The van der Waals surface area contributed by atoms with Crippen LogP contribution < -0.4 is 5.73 Å². The molecule has 0 amide bonds. The van der Waals surface area contributed by atoms with Gasteiger partial charge in [-0.3, -0.25) is 0 Å². The average Bonchev–Trinajstić information content (AvgIpc) is 2.01. The molecule has 0 aliphatic carbocycles. The quantitative estimate of drug-likeness (QED) is 0.625. The molecule has 0 aromatic heterocycles. The summed E-state index contributed by atoms with van der Waals surface area (Å²) in [6.07, 6.45) is -4.52. The van der Waals surface area contributed by atoms with E-state index in [1.54, 1.807) is 22.6 Å². The summed E-state index contributed by atoms with van der Waals surface area (Å²) in [5.74, 6) is -0.910. The van der Waals surface area contributed by atoms with Crippen LogP contribution in [0.1, 0.15) is 11.1 Å². The highest BCUT2D eigenvalue weighted by Crippen LogP contribution is 2.32. The molecule has 0 fully saturated rings. The van der Waals surface area contributed by atoms with Gasteiger partial charge in [0.1, 0.15) is 5.82 Å². The molecular weight excluding hydrogens is 313 g/mol. The van der Waals surface area contributed by atoms with Gasteiger partial charge in [0.25, 0.3) is 0 Å². The van der Waals surface area contributed by atoms with E-state index in [4.69, 9.17) is 5.73 Å². The van der Waals surface area contributed by atoms with Gasteiger partial charge in [0.15, 0.2) is 0 Å². The van der Waals surface area contributed by atoms with Gasteiger partial charge in [-0.25, -0.2) is 4.39 Å². The molecule has 0 aliphatic heterocycles. The minimum absolute atomic E-state index is 0.109. The van der Waals surface area contributed by atoms with E-state index in [1.165, 1.54) is 0 Å². The molecule has 0 bridgehead atoms. The molecule has 0 unspecified atom stereocenters. The lowest BCUT2D eigenvalue weighted by Gasteiger charge is -2.10. The zero-order valence-corrected chi connectivity index (χ0v) is 8.99. The first kappa shape index (κ1) is 11.7. The number of halogens is 5. The van der Waals surface area contributed by atoms with Crippen molar-refractivity contribution < 1.29 is 17.6 Å². The lowest BCUT2D eigenvalue weighted by atomic mass is 10.1. The van der Waals surface area contributed by atoms with Crippen molar-refractivity contribution in [2.75, 3.05) is 0 Å². The molecule has 1 rings (SSSR count). The predicted octanol–water partition coefficient (Wildman–Crippen LogP) is 2.91. The number of benzene rings is 1. The topological polar surface area (TPSA) is 26.0 Å². The number of nitrogens with two attached hydrogens (primary N) is 1. The average molecular weight is 319 g/mol. The summed E-state index contributed by atoms with van der Waals surface area (Å²) < 4.78 is 49.8. The maximum atomic E-state index is 13.1. The molecule has 0 saturated carbocycles. The van der Waals surface area contributed by atoms with Gasteiger partial charge in [0.2, 0.25) is 0 Å². The maximum Gasteiger partial charge on any atom is 0.416 e. The summed E-state index contributed by atoms with van der Waals surface area (Å²) in [6, 6.07) is 1.34. The Morgan fingerprint density at radius 3 is 2.21 bits per heavy atom. The lowest BCUT2D eigenvalue weighted by molar-refractivity contribution is -0.137. The van der Waals surface area contributed by atoms with Gasteiger partial charge in [-0.05, 0) is 34.7 Å². The second-order valence-electron chi connectivity index (χ2n) is 2.62. The van der Waals surface area contributed by atoms with Crippen molar-refractivity contribution in [2.24, 2.45) is 5.73 Å². The van der Waals surface area contributed by atoms with Gasteiger partial charge in [0.05, 0.1) is 5.56 Å². The van der Waals surface area contributed by atoms with Gasteiger partial charge < -0.3 is 5.73 Å². The zero-order chi connectivity index (χ0) is 10.9. The van der Waals surface area contributed by atoms with E-state index < -0.39 is 17.6 Å². The third-order valence-electron chi connectivity index (χ3n) is 1.67. The molecule has 1 nitrogen and oxygen atoms in total. The molecule has 78 valence electrons. The molecule has 2 N–H and O–H groups in total. The first-order valence-electron chi connectivity index (χ1n) is 3.61. The highest BCUT2D eigenvalue weighted by atomic mass is 127. The summed E-state index contributed by atoms with van der Waals surface area (Å²) >= 11 is 1.63. The van der Waals surface area contributed by atoms with Gasteiger partial charge in [-0.1, -0.05) is 0 Å². The van der Waals surface area contributed by atoms with Crippen LogP contribution in [0.2, 0.25) is 0 Å². The van der Waals surface area contributed by atoms with E-state index in [1.807, 2.05) is 0 Å². The Morgan fingerprint density at radius 2 is 1.86 bits per heavy atom. The van der Waals surface area contributed by atoms with Crippen molar-refractivity contribution in [1.29, 1.82) is 0 Å². The van der Waals surface area contributed by atoms with Crippen LogP contribution in [0.25, 0.3) is 0 Å². The van der Waals surface area contributed by atoms with Gasteiger partial charge in [0, 0.05) is 15.7 Å². The van der Waals surface area contributed by atoms with E-state index in [-0.39, 0.29) is 15.7 Å². The molecule has 0 aliphatic rings. The Labute approximate surface area is 91.4 Å². The molecule has 1 aromatic rings. The number of hydrogen-bond donors (Lipinski definition) is 1. The van der Waals surface area contributed by atoms with Crippen LogP contribution in [0.5, 0.6) is 0 Å². The van der Waals surface area contributed by atoms with Crippen molar-refractivity contribution in [3.8, 4) is 0 Å². The predicted molar refractivity (Wildman–Crippen MR) is 52.0 cm³/mol. The number of hydrogen-bond acceptors (Lipinski definition) is 1. The van der Waals surface area contributed by atoms with Crippen molar-refractivity contribution in [3.63, 3.8) is 0 Å². The summed E-state index contributed by atoms with van der Waals surface area (Å²) in [4.78, 5) is 0. The standard InChI is InChI=1S/C8H6F4IN/c9-6-1-4(8(10,11)12)2-7(13)5(6)3-14/h1-2H,3,14H2. The molecule has 0 heterocycles. The van der Waals surface area contributed by atoms with Gasteiger partial charge in [-0.2, -0.15) is 13.2 Å². The van der Waals surface area contributed by atoms with Crippen LogP contribution in [0.4, 0.5) is 17.6 Å². The Hall–Kier alpha value is -0.370. The van der Waals surface area contributed by atoms with Crippen molar-refractivity contribution in [1.82, 2.24) is 0 Å². The summed E-state index contributed by atoms with van der Waals surface area (Å²) in [7, 11) is 0. The molecule has 6 heteroatoms. The monoisotopic (exact) mass is 319 g/mol. The third-order valence-corrected chi connectivity index (χ3v) is 2.63. The second kappa shape index (κ2) is 4.01. The van der Waals surface area contributed by atoms with E-state index in [0.717, 1.165) is 6.07 Å². The SMILES string of the molecule is NCc1c(F)cc(C(F)(F)F)cc1I. The highest BCUT2D eigenvalue weighted by Gasteiger charge is 2.31. The Morgan fingerprint density at radius 1 is 1.29 bits per heavy atom. The minimum Gasteiger partial charge on any atom is -0.326 e. The molecule has 0 radical (unpaired) electrons. The molecular formula is C8H6F4IN. The van der Waals surface area contributed by atoms with E-state index in [9.17, 15) is 17.6 Å². The first-order chi connectivity index (χ1) is 6.36. The van der Waals surface area contributed by atoms with E-state index in [0.29, 0.717) is 6.07 Å². The summed E-state index contributed by atoms with van der Waals surface area (Å²) in [5.41, 5.74) is 4.31. The second-order valence-corrected chi connectivity index (χ2v) is 3.78. The normalized spacial score (nSPS) is 11.9. The van der Waals surface area contributed by atoms with Crippen LogP contribution >= 0.6 is 22.6 Å². The molecule has 0 saturated heterocycles. The Balaban J connectivity index is 3.28. The third kappa shape index (κ3) is 2.35. The first-order valence-corrected chi connectivity index (χ1v) is 4.69. The zero-order valence-electron chi connectivity index (χ0n) is 6.83. The molecule has 0 spiro atoms. The van der Waals surface area contributed by atoms with Crippen LogP contribution in [-0.4, -0.2) is 0 Å². The lowest BCUT2D eigenvalue weighted by Crippen LogP contribution is -2.09. The van der Waals surface area contributed by atoms with E-state index >= 15 is 0 Å². The number of rotatable bonds is 1. The molecule has 0 atom stereocenters. The van der Waals surface area contributed by atoms with Crippen molar-refractivity contribution in [3.05, 3.63) is 32.6 Å². The summed E-state index contributed by atoms with van der Waals surface area (Å²) in [6.45, 7) is -0.109. The van der Waals surface area contributed by atoms with Gasteiger partial charge >= 0.3 is 6.18 Å². The van der Waals surface area contributed by atoms with Crippen molar-refractivity contribution >= 4 is 22.6 Å². The molecule has 1 aromatic carbocycles. The fourth-order valence-electron chi connectivity index (χ4n) is 0.962. The van der Waals surface area contributed by atoms with Crippen LogP contribution in [-0.2, 0) is 12.7 Å².